The second kappa shape index (κ2) is 5.55. The molecule has 106 valence electrons. The van der Waals surface area contributed by atoms with Crippen molar-refractivity contribution in [3.8, 4) is 0 Å². The first-order valence-corrected chi connectivity index (χ1v) is 6.47. The lowest BCUT2D eigenvalue weighted by Crippen LogP contribution is -2.53. The van der Waals surface area contributed by atoms with Crippen LogP contribution in [0.5, 0.6) is 0 Å². The molecule has 0 spiro atoms. The summed E-state index contributed by atoms with van der Waals surface area (Å²) in [5.74, 6) is -1.08. The van der Waals surface area contributed by atoms with Crippen LogP contribution >= 0.6 is 0 Å². The highest BCUT2D eigenvalue weighted by Crippen LogP contribution is 2.33. The topological polar surface area (TPSA) is 81.0 Å². The Morgan fingerprint density at radius 1 is 1.39 bits per heavy atom. The lowest BCUT2D eigenvalue weighted by atomic mass is 9.78. The molecule has 1 aliphatic carbocycles. The van der Waals surface area contributed by atoms with Crippen molar-refractivity contribution in [1.29, 1.82) is 0 Å². The summed E-state index contributed by atoms with van der Waals surface area (Å²) in [5.41, 5.74) is -1.20. The Labute approximate surface area is 108 Å². The van der Waals surface area contributed by atoms with Crippen molar-refractivity contribution < 1.29 is 20.1 Å². The Morgan fingerprint density at radius 2 is 1.89 bits per heavy atom. The number of carboxylic acids is 1. The average molecular weight is 259 g/mol. The molecule has 18 heavy (non-hydrogen) atoms. The first-order chi connectivity index (χ1) is 8.20. The quantitative estimate of drug-likeness (QED) is 0.677. The van der Waals surface area contributed by atoms with Gasteiger partial charge in [0.15, 0.2) is 0 Å². The number of rotatable bonds is 5. The zero-order chi connectivity index (χ0) is 14.0. The van der Waals surface area contributed by atoms with Crippen molar-refractivity contribution in [2.75, 3.05) is 20.2 Å². The molecule has 0 bridgehead atoms. The summed E-state index contributed by atoms with van der Waals surface area (Å²) >= 11 is 0. The van der Waals surface area contributed by atoms with E-state index in [4.69, 9.17) is 5.11 Å². The van der Waals surface area contributed by atoms with Crippen molar-refractivity contribution >= 4 is 5.97 Å². The number of carboxylic acid groups (broad SMARTS) is 1. The van der Waals surface area contributed by atoms with Gasteiger partial charge in [-0.1, -0.05) is 0 Å². The van der Waals surface area contributed by atoms with Gasteiger partial charge in [0.2, 0.25) is 0 Å². The number of carbonyl (C=O) groups is 1. The third kappa shape index (κ3) is 3.67. The van der Waals surface area contributed by atoms with Crippen LogP contribution in [0.3, 0.4) is 0 Å². The summed E-state index contributed by atoms with van der Waals surface area (Å²) in [7, 11) is 1.87. The highest BCUT2D eigenvalue weighted by atomic mass is 16.4. The van der Waals surface area contributed by atoms with Crippen LogP contribution in [0.1, 0.15) is 39.5 Å². The summed E-state index contributed by atoms with van der Waals surface area (Å²) < 4.78 is 0. The normalized spacial score (nSPS) is 29.6. The zero-order valence-electron chi connectivity index (χ0n) is 11.5. The van der Waals surface area contributed by atoms with Gasteiger partial charge in [0.25, 0.3) is 0 Å². The van der Waals surface area contributed by atoms with Crippen molar-refractivity contribution in [2.24, 2.45) is 5.92 Å². The summed E-state index contributed by atoms with van der Waals surface area (Å²) in [4.78, 5) is 12.8. The van der Waals surface area contributed by atoms with Crippen molar-refractivity contribution in [1.82, 2.24) is 4.90 Å². The molecule has 0 aromatic heterocycles. The SMILES string of the molecule is CN(CC1(O)CCC(C(=O)O)CC1)C(C)(C)CO. The number of hydrogen-bond acceptors (Lipinski definition) is 4. The fraction of sp³-hybridized carbons (Fsp3) is 0.923. The molecule has 0 amide bonds. The molecule has 0 aliphatic heterocycles. The maximum atomic E-state index is 10.9. The van der Waals surface area contributed by atoms with Gasteiger partial charge in [0, 0.05) is 12.1 Å². The minimum atomic E-state index is -0.826. The molecule has 5 heteroatoms. The summed E-state index contributed by atoms with van der Waals surface area (Å²) in [5, 5.41) is 28.7. The Hall–Kier alpha value is -0.650. The third-order valence-electron chi connectivity index (χ3n) is 4.22. The summed E-state index contributed by atoms with van der Waals surface area (Å²) in [6.07, 6.45) is 2.07. The Kier molecular flexibility index (Phi) is 4.75. The molecule has 1 fully saturated rings. The molecule has 0 heterocycles. The third-order valence-corrected chi connectivity index (χ3v) is 4.22. The van der Waals surface area contributed by atoms with E-state index in [-0.39, 0.29) is 18.1 Å². The number of hydrogen-bond donors (Lipinski definition) is 3. The van der Waals surface area contributed by atoms with Crippen LogP contribution in [0.2, 0.25) is 0 Å². The molecular formula is C13H25NO4. The van der Waals surface area contributed by atoms with Crippen LogP contribution in [-0.4, -0.2) is 57.5 Å². The Morgan fingerprint density at radius 3 is 2.28 bits per heavy atom. The number of aliphatic hydroxyl groups excluding tert-OH is 1. The van der Waals surface area contributed by atoms with Crippen LogP contribution in [0.4, 0.5) is 0 Å². The maximum Gasteiger partial charge on any atom is 0.306 e. The first-order valence-electron chi connectivity index (χ1n) is 6.47. The lowest BCUT2D eigenvalue weighted by Gasteiger charge is -2.42. The van der Waals surface area contributed by atoms with E-state index in [0.29, 0.717) is 32.2 Å². The summed E-state index contributed by atoms with van der Waals surface area (Å²) in [6.45, 7) is 4.32. The first kappa shape index (κ1) is 15.4. The maximum absolute atomic E-state index is 10.9. The standard InChI is InChI=1S/C13H25NO4/c1-12(2,9-15)14(3)8-13(18)6-4-10(5-7-13)11(16)17/h10,15,18H,4-9H2,1-3H3,(H,16,17). The molecule has 0 atom stereocenters. The van der Waals surface area contributed by atoms with E-state index in [2.05, 4.69) is 0 Å². The molecule has 1 rings (SSSR count). The van der Waals surface area contributed by atoms with E-state index in [1.165, 1.54) is 0 Å². The fourth-order valence-electron chi connectivity index (χ4n) is 2.34. The second-order valence-corrected chi connectivity index (χ2v) is 6.16. The smallest absolute Gasteiger partial charge is 0.306 e. The minimum absolute atomic E-state index is 0.0251. The van der Waals surface area contributed by atoms with Crippen LogP contribution in [0.25, 0.3) is 0 Å². The highest BCUT2D eigenvalue weighted by Gasteiger charge is 2.38. The predicted octanol–water partition coefficient (Wildman–Crippen LogP) is 0.695. The molecule has 0 saturated heterocycles. The van der Waals surface area contributed by atoms with E-state index < -0.39 is 11.6 Å². The van der Waals surface area contributed by atoms with E-state index in [0.717, 1.165) is 0 Å². The van der Waals surface area contributed by atoms with E-state index in [1.807, 2.05) is 25.8 Å². The number of aliphatic carboxylic acids is 1. The molecule has 5 nitrogen and oxygen atoms in total. The molecule has 3 N–H and O–H groups in total. The molecule has 1 saturated carbocycles. The summed E-state index contributed by atoms with van der Waals surface area (Å²) in [6, 6.07) is 0. The van der Waals surface area contributed by atoms with Gasteiger partial charge in [0.1, 0.15) is 0 Å². The van der Waals surface area contributed by atoms with Crippen molar-refractivity contribution in [3.05, 3.63) is 0 Å². The number of nitrogens with zero attached hydrogens (tertiary/aromatic N) is 1. The van der Waals surface area contributed by atoms with Gasteiger partial charge in [0.05, 0.1) is 18.1 Å². The largest absolute Gasteiger partial charge is 0.481 e. The van der Waals surface area contributed by atoms with Gasteiger partial charge in [-0.3, -0.25) is 9.69 Å². The van der Waals surface area contributed by atoms with Crippen molar-refractivity contribution in [3.63, 3.8) is 0 Å². The van der Waals surface area contributed by atoms with Crippen LogP contribution in [0.15, 0.2) is 0 Å². The number of β-amino-alcohol motifs (C(OH)–C–C–N with tert-alkyl or cyclic N) is 1. The monoisotopic (exact) mass is 259 g/mol. The molecule has 0 aromatic carbocycles. The lowest BCUT2D eigenvalue weighted by molar-refractivity contribution is -0.145. The van der Waals surface area contributed by atoms with Crippen LogP contribution in [-0.2, 0) is 4.79 Å². The highest BCUT2D eigenvalue weighted by molar-refractivity contribution is 5.70. The van der Waals surface area contributed by atoms with E-state index >= 15 is 0 Å². The fourth-order valence-corrected chi connectivity index (χ4v) is 2.34. The minimum Gasteiger partial charge on any atom is -0.481 e. The van der Waals surface area contributed by atoms with Gasteiger partial charge in [-0.25, -0.2) is 0 Å². The van der Waals surface area contributed by atoms with Gasteiger partial charge in [-0.2, -0.15) is 0 Å². The van der Waals surface area contributed by atoms with Gasteiger partial charge in [-0.15, -0.1) is 0 Å². The van der Waals surface area contributed by atoms with E-state index in [1.54, 1.807) is 0 Å². The van der Waals surface area contributed by atoms with Gasteiger partial charge < -0.3 is 15.3 Å². The molecule has 1 aliphatic rings. The second-order valence-electron chi connectivity index (χ2n) is 6.16. The number of likely N-dealkylation sites (N-methyl/N-ethyl adjacent to an activating group) is 1. The van der Waals surface area contributed by atoms with E-state index in [9.17, 15) is 15.0 Å². The Bertz CT molecular complexity index is 295. The van der Waals surface area contributed by atoms with Crippen molar-refractivity contribution in [2.45, 2.75) is 50.7 Å². The molecular weight excluding hydrogens is 234 g/mol. The predicted molar refractivity (Wildman–Crippen MR) is 68.3 cm³/mol. The zero-order valence-corrected chi connectivity index (χ0v) is 11.5. The molecule has 0 aromatic rings. The van der Waals surface area contributed by atoms with Gasteiger partial charge in [-0.05, 0) is 46.6 Å². The number of aliphatic hydroxyl groups is 2. The Balaban J connectivity index is 2.55. The van der Waals surface area contributed by atoms with Gasteiger partial charge >= 0.3 is 5.97 Å². The van der Waals surface area contributed by atoms with Crippen LogP contribution < -0.4 is 0 Å². The molecule has 0 radical (unpaired) electrons. The van der Waals surface area contributed by atoms with Crippen LogP contribution in [0, 0.1) is 5.92 Å². The molecule has 0 unspecified atom stereocenters. The average Bonchev–Trinajstić information content (AvgIpc) is 2.29.